The fraction of sp³-hybridized carbons (Fsp3) is 0.182. The summed E-state index contributed by atoms with van der Waals surface area (Å²) in [5.74, 6) is -0.144. The van der Waals surface area contributed by atoms with Crippen molar-refractivity contribution in [1.29, 1.82) is 5.26 Å². The van der Waals surface area contributed by atoms with Crippen molar-refractivity contribution in [2.75, 3.05) is 20.5 Å². The number of rotatable bonds is 7. The molecular weight excluding hydrogens is 392 g/mol. The molecule has 3 aromatic rings. The van der Waals surface area contributed by atoms with Crippen molar-refractivity contribution in [3.05, 3.63) is 71.0 Å². The highest BCUT2D eigenvalue weighted by molar-refractivity contribution is 6.30. The van der Waals surface area contributed by atoms with Crippen LogP contribution in [0.2, 0.25) is 5.02 Å². The molecule has 2 aromatic carbocycles. The Morgan fingerprint density at radius 2 is 2.03 bits per heavy atom. The molecule has 0 spiro atoms. The summed E-state index contributed by atoms with van der Waals surface area (Å²) in [5, 5.41) is 10.1. The van der Waals surface area contributed by atoms with Gasteiger partial charge in [0.1, 0.15) is 17.4 Å². The second kappa shape index (κ2) is 9.28. The Bertz CT molecular complexity index is 1070. The van der Waals surface area contributed by atoms with E-state index in [4.69, 9.17) is 25.8 Å². The normalized spacial score (nSPS) is 10.4. The molecule has 0 saturated carbocycles. The SMILES string of the molecule is CCOC(=O)c1ccc(-n2cc(C#N)c(-c3cccc(Cl)c3)c2)cc1OCOC. The first-order valence-electron chi connectivity index (χ1n) is 8.88. The Labute approximate surface area is 173 Å². The van der Waals surface area contributed by atoms with E-state index >= 15 is 0 Å². The molecule has 29 heavy (non-hydrogen) atoms. The number of carbonyl (C=O) groups is 1. The van der Waals surface area contributed by atoms with Crippen molar-refractivity contribution < 1.29 is 19.0 Å². The number of aromatic nitrogens is 1. The number of benzene rings is 2. The van der Waals surface area contributed by atoms with E-state index < -0.39 is 5.97 Å². The van der Waals surface area contributed by atoms with E-state index in [-0.39, 0.29) is 13.4 Å². The number of halogens is 1. The van der Waals surface area contributed by atoms with E-state index in [9.17, 15) is 10.1 Å². The van der Waals surface area contributed by atoms with Gasteiger partial charge in [-0.05, 0) is 36.8 Å². The maximum absolute atomic E-state index is 12.2. The van der Waals surface area contributed by atoms with Crippen molar-refractivity contribution in [2.45, 2.75) is 6.92 Å². The number of carbonyl (C=O) groups excluding carboxylic acids is 1. The Morgan fingerprint density at radius 1 is 1.21 bits per heavy atom. The highest BCUT2D eigenvalue weighted by Crippen LogP contribution is 2.30. The summed E-state index contributed by atoms with van der Waals surface area (Å²) < 4.78 is 17.4. The topological polar surface area (TPSA) is 73.5 Å². The summed E-state index contributed by atoms with van der Waals surface area (Å²) in [5.41, 5.74) is 3.11. The van der Waals surface area contributed by atoms with Gasteiger partial charge in [0.2, 0.25) is 0 Å². The van der Waals surface area contributed by atoms with Gasteiger partial charge in [0.15, 0.2) is 6.79 Å². The number of nitriles is 1. The minimum Gasteiger partial charge on any atom is -0.467 e. The van der Waals surface area contributed by atoms with Gasteiger partial charge in [-0.3, -0.25) is 0 Å². The van der Waals surface area contributed by atoms with Crippen molar-refractivity contribution >= 4 is 17.6 Å². The third-order valence-electron chi connectivity index (χ3n) is 4.17. The summed E-state index contributed by atoms with van der Waals surface area (Å²) in [6.45, 7) is 1.98. The van der Waals surface area contributed by atoms with Crippen LogP contribution in [0.3, 0.4) is 0 Å². The molecule has 148 valence electrons. The molecule has 0 unspecified atom stereocenters. The summed E-state index contributed by atoms with van der Waals surface area (Å²) in [6, 6.07) is 14.6. The molecule has 0 aliphatic heterocycles. The molecule has 0 saturated heterocycles. The van der Waals surface area contributed by atoms with Crippen LogP contribution in [0.5, 0.6) is 5.75 Å². The van der Waals surface area contributed by atoms with E-state index in [0.717, 1.165) is 11.1 Å². The largest absolute Gasteiger partial charge is 0.467 e. The molecule has 0 N–H and O–H groups in total. The molecule has 0 aliphatic carbocycles. The number of hydrogen-bond donors (Lipinski definition) is 0. The second-order valence-electron chi connectivity index (χ2n) is 6.07. The lowest BCUT2D eigenvalue weighted by atomic mass is 10.1. The van der Waals surface area contributed by atoms with Crippen molar-refractivity contribution in [3.8, 4) is 28.6 Å². The third-order valence-corrected chi connectivity index (χ3v) is 4.41. The van der Waals surface area contributed by atoms with E-state index in [1.165, 1.54) is 7.11 Å². The number of ether oxygens (including phenoxy) is 3. The monoisotopic (exact) mass is 410 g/mol. The average Bonchev–Trinajstić information content (AvgIpc) is 3.17. The summed E-state index contributed by atoms with van der Waals surface area (Å²) in [4.78, 5) is 12.2. The molecule has 6 nitrogen and oxygen atoms in total. The minimum atomic E-state index is -0.477. The quantitative estimate of drug-likeness (QED) is 0.412. The molecule has 0 amide bonds. The van der Waals surface area contributed by atoms with Gasteiger partial charge in [-0.25, -0.2) is 4.79 Å². The number of esters is 1. The van der Waals surface area contributed by atoms with Crippen LogP contribution >= 0.6 is 11.6 Å². The summed E-state index contributed by atoms with van der Waals surface area (Å²) in [7, 11) is 1.50. The predicted molar refractivity (Wildman–Crippen MR) is 109 cm³/mol. The van der Waals surface area contributed by atoms with Crippen LogP contribution in [0.1, 0.15) is 22.8 Å². The summed E-state index contributed by atoms with van der Waals surface area (Å²) >= 11 is 6.09. The van der Waals surface area contributed by atoms with Crippen LogP contribution < -0.4 is 4.74 Å². The van der Waals surface area contributed by atoms with E-state index in [0.29, 0.717) is 27.6 Å². The van der Waals surface area contributed by atoms with Crippen LogP contribution in [0.15, 0.2) is 54.9 Å². The zero-order valence-electron chi connectivity index (χ0n) is 16.0. The van der Waals surface area contributed by atoms with Gasteiger partial charge in [-0.15, -0.1) is 0 Å². The van der Waals surface area contributed by atoms with Crippen LogP contribution in [0.25, 0.3) is 16.8 Å². The summed E-state index contributed by atoms with van der Waals surface area (Å²) in [6.07, 6.45) is 3.55. The lowest BCUT2D eigenvalue weighted by Gasteiger charge is -2.12. The highest BCUT2D eigenvalue weighted by Gasteiger charge is 2.17. The smallest absolute Gasteiger partial charge is 0.341 e. The maximum Gasteiger partial charge on any atom is 0.341 e. The van der Waals surface area contributed by atoms with Gasteiger partial charge in [0.05, 0.1) is 12.2 Å². The van der Waals surface area contributed by atoms with Crippen molar-refractivity contribution in [3.63, 3.8) is 0 Å². The Kier molecular flexibility index (Phi) is 6.55. The Balaban J connectivity index is 2.04. The van der Waals surface area contributed by atoms with Crippen LogP contribution in [-0.2, 0) is 9.47 Å². The minimum absolute atomic E-state index is 0.0151. The molecule has 1 heterocycles. The van der Waals surface area contributed by atoms with Gasteiger partial charge >= 0.3 is 5.97 Å². The fourth-order valence-corrected chi connectivity index (χ4v) is 3.06. The Hall–Kier alpha value is -3.27. The van der Waals surface area contributed by atoms with Crippen molar-refractivity contribution in [2.24, 2.45) is 0 Å². The predicted octanol–water partition coefficient (Wildman–Crippen LogP) is 4.83. The van der Waals surface area contributed by atoms with E-state index in [1.807, 2.05) is 18.3 Å². The van der Waals surface area contributed by atoms with Gasteiger partial charge in [-0.1, -0.05) is 23.7 Å². The number of methoxy groups -OCH3 is 1. The van der Waals surface area contributed by atoms with Gasteiger partial charge < -0.3 is 18.8 Å². The lowest BCUT2D eigenvalue weighted by molar-refractivity contribution is 0.0438. The molecule has 7 heteroatoms. The van der Waals surface area contributed by atoms with Crippen LogP contribution in [-0.4, -0.2) is 31.0 Å². The Morgan fingerprint density at radius 3 is 2.72 bits per heavy atom. The maximum atomic E-state index is 12.2. The zero-order valence-corrected chi connectivity index (χ0v) is 16.8. The highest BCUT2D eigenvalue weighted by atomic mass is 35.5. The third kappa shape index (κ3) is 4.60. The van der Waals surface area contributed by atoms with Gasteiger partial charge in [0, 0.05) is 41.8 Å². The molecule has 0 radical (unpaired) electrons. The first-order chi connectivity index (χ1) is 14.1. The average molecular weight is 411 g/mol. The van der Waals surface area contributed by atoms with Crippen molar-refractivity contribution in [1.82, 2.24) is 4.57 Å². The zero-order chi connectivity index (χ0) is 20.8. The van der Waals surface area contributed by atoms with E-state index in [1.54, 1.807) is 48.0 Å². The molecule has 0 fully saturated rings. The van der Waals surface area contributed by atoms with Gasteiger partial charge in [-0.2, -0.15) is 5.26 Å². The van der Waals surface area contributed by atoms with Gasteiger partial charge in [0.25, 0.3) is 0 Å². The van der Waals surface area contributed by atoms with E-state index in [2.05, 4.69) is 6.07 Å². The number of nitrogens with zero attached hydrogens (tertiary/aromatic N) is 2. The van der Waals surface area contributed by atoms with Crippen LogP contribution in [0, 0.1) is 11.3 Å². The molecule has 3 rings (SSSR count). The fourth-order valence-electron chi connectivity index (χ4n) is 2.87. The van der Waals surface area contributed by atoms with Crippen LogP contribution in [0.4, 0.5) is 0 Å². The molecular formula is C22H19ClN2O4. The standard InChI is InChI=1S/C22H19ClN2O4/c1-3-28-22(26)19-8-7-18(10-21(19)29-14-27-2)25-12-16(11-24)20(13-25)15-5-4-6-17(23)9-15/h4-10,12-13H,3,14H2,1-2H3. The molecule has 0 bridgehead atoms. The first kappa shape index (κ1) is 20.5. The molecule has 0 atom stereocenters. The number of hydrogen-bond acceptors (Lipinski definition) is 5. The lowest BCUT2D eigenvalue weighted by Crippen LogP contribution is -2.10. The molecule has 1 aromatic heterocycles. The first-order valence-corrected chi connectivity index (χ1v) is 9.26. The second-order valence-corrected chi connectivity index (χ2v) is 6.50. The molecule has 0 aliphatic rings.